The monoisotopic (exact) mass is 304 g/mol. The molecule has 0 aliphatic carbocycles. The van der Waals surface area contributed by atoms with Gasteiger partial charge in [0.15, 0.2) is 0 Å². The molecule has 0 saturated carbocycles. The van der Waals surface area contributed by atoms with Crippen LogP contribution in [0.15, 0.2) is 34.7 Å². The predicted molar refractivity (Wildman–Crippen MR) is 77.6 cm³/mol. The summed E-state index contributed by atoms with van der Waals surface area (Å²) in [5.74, 6) is 0.420. The highest BCUT2D eigenvalue weighted by atomic mass is 35.5. The molecule has 0 heterocycles. The summed E-state index contributed by atoms with van der Waals surface area (Å²) in [6.45, 7) is 1.92. The molecule has 0 aliphatic rings. The van der Waals surface area contributed by atoms with Crippen molar-refractivity contribution in [2.75, 3.05) is 12.9 Å². The lowest BCUT2D eigenvalue weighted by Gasteiger charge is -2.03. The van der Waals surface area contributed by atoms with Crippen molar-refractivity contribution < 1.29 is 9.53 Å². The lowest BCUT2D eigenvalue weighted by molar-refractivity contribution is -0.136. The van der Waals surface area contributed by atoms with Gasteiger partial charge in [-0.2, -0.15) is 0 Å². The fourth-order valence-electron chi connectivity index (χ4n) is 1.31. The topological polar surface area (TPSA) is 26.3 Å². The Morgan fingerprint density at radius 2 is 2.11 bits per heavy atom. The maximum Gasteiger partial charge on any atom is 0.333 e. The first-order valence-electron chi connectivity index (χ1n) is 5.43. The van der Waals surface area contributed by atoms with Gasteiger partial charge in [-0.3, -0.25) is 0 Å². The van der Waals surface area contributed by atoms with Gasteiger partial charge < -0.3 is 4.74 Å². The van der Waals surface area contributed by atoms with Crippen LogP contribution in [0, 0.1) is 0 Å². The van der Waals surface area contributed by atoms with E-state index in [2.05, 4.69) is 4.74 Å². The molecule has 5 heteroatoms. The van der Waals surface area contributed by atoms with Crippen LogP contribution >= 0.6 is 35.0 Å². The zero-order valence-electron chi connectivity index (χ0n) is 10.2. The second kappa shape index (κ2) is 7.72. The lowest BCUT2D eigenvalue weighted by Crippen LogP contribution is -2.04. The SMILES string of the molecule is CCC(=CCSc1ccc(Cl)c(Cl)c1)C(=O)OC. The number of methoxy groups -OCH3 is 1. The maximum atomic E-state index is 11.3. The molecule has 0 N–H and O–H groups in total. The first-order valence-corrected chi connectivity index (χ1v) is 7.17. The van der Waals surface area contributed by atoms with E-state index >= 15 is 0 Å². The highest BCUT2D eigenvalue weighted by Gasteiger charge is 2.06. The number of hydrogen-bond donors (Lipinski definition) is 0. The molecule has 98 valence electrons. The smallest absolute Gasteiger partial charge is 0.333 e. The van der Waals surface area contributed by atoms with Crippen LogP contribution in [0.1, 0.15) is 13.3 Å². The van der Waals surface area contributed by atoms with Gasteiger partial charge in [0.05, 0.1) is 17.2 Å². The predicted octanol–water partition coefficient (Wildman–Crippen LogP) is 4.59. The Kier molecular flexibility index (Phi) is 6.61. The Labute approximate surface area is 121 Å². The summed E-state index contributed by atoms with van der Waals surface area (Å²) in [4.78, 5) is 12.4. The molecule has 0 atom stereocenters. The fraction of sp³-hybridized carbons (Fsp3) is 0.308. The molecule has 0 amide bonds. The van der Waals surface area contributed by atoms with E-state index in [-0.39, 0.29) is 5.97 Å². The van der Waals surface area contributed by atoms with Crippen LogP contribution in [0.3, 0.4) is 0 Å². The van der Waals surface area contributed by atoms with Gasteiger partial charge in [0.25, 0.3) is 0 Å². The van der Waals surface area contributed by atoms with E-state index in [4.69, 9.17) is 23.2 Å². The molecular weight excluding hydrogens is 291 g/mol. The fourth-order valence-corrected chi connectivity index (χ4v) is 2.51. The lowest BCUT2D eigenvalue weighted by atomic mass is 10.2. The molecule has 0 aliphatic heterocycles. The van der Waals surface area contributed by atoms with Gasteiger partial charge >= 0.3 is 5.97 Å². The zero-order valence-corrected chi connectivity index (χ0v) is 12.5. The molecule has 0 bridgehead atoms. The second-order valence-electron chi connectivity index (χ2n) is 3.46. The van der Waals surface area contributed by atoms with E-state index in [1.54, 1.807) is 17.8 Å². The maximum absolute atomic E-state index is 11.3. The van der Waals surface area contributed by atoms with Gasteiger partial charge in [-0.1, -0.05) is 36.2 Å². The Morgan fingerprint density at radius 1 is 1.39 bits per heavy atom. The highest BCUT2D eigenvalue weighted by molar-refractivity contribution is 7.99. The molecule has 1 aromatic carbocycles. The van der Waals surface area contributed by atoms with Crippen LogP contribution in [-0.4, -0.2) is 18.8 Å². The Morgan fingerprint density at radius 3 is 2.67 bits per heavy atom. The Hall–Kier alpha value is -0.640. The third-order valence-corrected chi connectivity index (χ3v) is 3.96. The van der Waals surface area contributed by atoms with Gasteiger partial charge in [-0.15, -0.1) is 11.8 Å². The molecule has 0 spiro atoms. The summed E-state index contributed by atoms with van der Waals surface area (Å²) in [6.07, 6.45) is 2.54. The Balaban J connectivity index is 2.62. The van der Waals surface area contributed by atoms with Crippen molar-refractivity contribution in [3.63, 3.8) is 0 Å². The minimum absolute atomic E-state index is 0.271. The molecular formula is C13H14Cl2O2S. The van der Waals surface area contributed by atoms with Crippen LogP contribution in [0.2, 0.25) is 10.0 Å². The normalized spacial score (nSPS) is 11.4. The number of ether oxygens (including phenoxy) is 1. The average Bonchev–Trinajstić information content (AvgIpc) is 2.38. The third kappa shape index (κ3) is 4.56. The van der Waals surface area contributed by atoms with Crippen molar-refractivity contribution in [2.24, 2.45) is 0 Å². The molecule has 0 aromatic heterocycles. The van der Waals surface area contributed by atoms with Crippen LogP contribution in [-0.2, 0) is 9.53 Å². The van der Waals surface area contributed by atoms with Crippen LogP contribution in [0.25, 0.3) is 0 Å². The van der Waals surface area contributed by atoms with Crippen molar-refractivity contribution >= 4 is 40.9 Å². The number of halogens is 2. The van der Waals surface area contributed by atoms with Crippen LogP contribution < -0.4 is 0 Å². The minimum atomic E-state index is -0.271. The number of carbonyl (C=O) groups is 1. The molecule has 0 fully saturated rings. The number of rotatable bonds is 5. The standard InChI is InChI=1S/C13H14Cl2O2S/c1-3-9(13(16)17-2)6-7-18-10-4-5-11(14)12(15)8-10/h4-6,8H,3,7H2,1-2H3. The van der Waals surface area contributed by atoms with E-state index in [0.717, 1.165) is 4.90 Å². The van der Waals surface area contributed by atoms with Crippen LogP contribution in [0.5, 0.6) is 0 Å². The van der Waals surface area contributed by atoms with Crippen LogP contribution in [0.4, 0.5) is 0 Å². The van der Waals surface area contributed by atoms with Gasteiger partial charge in [-0.05, 0) is 24.6 Å². The summed E-state index contributed by atoms with van der Waals surface area (Å²) in [7, 11) is 1.39. The van der Waals surface area contributed by atoms with E-state index in [9.17, 15) is 4.79 Å². The van der Waals surface area contributed by atoms with E-state index < -0.39 is 0 Å². The van der Waals surface area contributed by atoms with Crippen molar-refractivity contribution in [2.45, 2.75) is 18.2 Å². The van der Waals surface area contributed by atoms with E-state index in [0.29, 0.717) is 27.8 Å². The second-order valence-corrected chi connectivity index (χ2v) is 5.37. The summed E-state index contributed by atoms with van der Waals surface area (Å²) < 4.78 is 4.69. The van der Waals surface area contributed by atoms with E-state index in [1.807, 2.05) is 25.1 Å². The first-order chi connectivity index (χ1) is 8.58. The van der Waals surface area contributed by atoms with Crippen molar-refractivity contribution in [3.05, 3.63) is 39.9 Å². The number of benzene rings is 1. The number of hydrogen-bond acceptors (Lipinski definition) is 3. The average molecular weight is 305 g/mol. The van der Waals surface area contributed by atoms with Gasteiger partial charge in [-0.25, -0.2) is 4.79 Å². The van der Waals surface area contributed by atoms with Crippen molar-refractivity contribution in [1.82, 2.24) is 0 Å². The third-order valence-electron chi connectivity index (χ3n) is 2.30. The molecule has 0 saturated heterocycles. The quantitative estimate of drug-likeness (QED) is 0.452. The van der Waals surface area contributed by atoms with E-state index in [1.165, 1.54) is 7.11 Å². The van der Waals surface area contributed by atoms with Crippen molar-refractivity contribution in [1.29, 1.82) is 0 Å². The summed E-state index contributed by atoms with van der Waals surface area (Å²) in [6, 6.07) is 5.47. The molecule has 0 unspecified atom stereocenters. The largest absolute Gasteiger partial charge is 0.466 e. The molecule has 1 aromatic rings. The summed E-state index contributed by atoms with van der Waals surface area (Å²) in [5.41, 5.74) is 0.685. The zero-order chi connectivity index (χ0) is 13.5. The molecule has 1 rings (SSSR count). The number of carbonyl (C=O) groups excluding carboxylic acids is 1. The summed E-state index contributed by atoms with van der Waals surface area (Å²) in [5, 5.41) is 1.08. The number of esters is 1. The molecule has 18 heavy (non-hydrogen) atoms. The van der Waals surface area contributed by atoms with Gasteiger partial charge in [0, 0.05) is 16.2 Å². The molecule has 0 radical (unpaired) electrons. The molecule has 2 nitrogen and oxygen atoms in total. The van der Waals surface area contributed by atoms with Gasteiger partial charge in [0.2, 0.25) is 0 Å². The van der Waals surface area contributed by atoms with Gasteiger partial charge in [0.1, 0.15) is 0 Å². The summed E-state index contributed by atoms with van der Waals surface area (Å²) >= 11 is 13.3. The Bertz CT molecular complexity index is 458. The highest BCUT2D eigenvalue weighted by Crippen LogP contribution is 2.28. The number of thioether (sulfide) groups is 1. The van der Waals surface area contributed by atoms with Crippen molar-refractivity contribution in [3.8, 4) is 0 Å². The minimum Gasteiger partial charge on any atom is -0.466 e. The first kappa shape index (κ1) is 15.4.